The van der Waals surface area contributed by atoms with E-state index in [-0.39, 0.29) is 0 Å². The van der Waals surface area contributed by atoms with Crippen LogP contribution in [0.15, 0.2) is 12.3 Å². The first-order valence-electron chi connectivity index (χ1n) is 7.76. The molecule has 1 saturated carbocycles. The third kappa shape index (κ3) is 2.58. The molecule has 0 bridgehead atoms. The molecule has 0 aromatic carbocycles. The lowest BCUT2D eigenvalue weighted by atomic mass is 9.70. The number of fused-ring (bicyclic) bond motifs is 1. The average molecular weight is 271 g/mol. The van der Waals surface area contributed by atoms with Crippen molar-refractivity contribution in [2.75, 3.05) is 0 Å². The van der Waals surface area contributed by atoms with Crippen molar-refractivity contribution in [3.05, 3.63) is 23.7 Å². The summed E-state index contributed by atoms with van der Waals surface area (Å²) < 4.78 is 0. The summed E-state index contributed by atoms with van der Waals surface area (Å²) in [6.45, 7) is 9.17. The van der Waals surface area contributed by atoms with Crippen LogP contribution in [-0.4, -0.2) is 15.0 Å². The number of nitrogens with one attached hydrogen (secondary N) is 1. The van der Waals surface area contributed by atoms with Crippen molar-refractivity contribution in [1.29, 1.82) is 0 Å². The summed E-state index contributed by atoms with van der Waals surface area (Å²) in [5.41, 5.74) is 3.57. The number of aromatic nitrogens is 3. The van der Waals surface area contributed by atoms with E-state index in [2.05, 4.69) is 43.7 Å². The summed E-state index contributed by atoms with van der Waals surface area (Å²) in [7, 11) is 0. The molecule has 0 spiro atoms. The van der Waals surface area contributed by atoms with Gasteiger partial charge in [-0.05, 0) is 55.6 Å². The Balaban J connectivity index is 1.76. The van der Waals surface area contributed by atoms with Gasteiger partial charge in [0.15, 0.2) is 5.65 Å². The Labute approximate surface area is 121 Å². The lowest BCUT2D eigenvalue weighted by Gasteiger charge is -2.36. The summed E-state index contributed by atoms with van der Waals surface area (Å²) in [5, 5.41) is 0. The molecule has 0 atom stereocenters. The van der Waals surface area contributed by atoms with E-state index < -0.39 is 0 Å². The lowest BCUT2D eigenvalue weighted by Crippen LogP contribution is -2.25. The smallest absolute Gasteiger partial charge is 0.177 e. The van der Waals surface area contributed by atoms with E-state index in [0.29, 0.717) is 11.3 Å². The minimum Gasteiger partial charge on any atom is -0.340 e. The van der Waals surface area contributed by atoms with Gasteiger partial charge < -0.3 is 4.98 Å². The molecular formula is C17H25N3. The second-order valence-electron chi connectivity index (χ2n) is 7.42. The van der Waals surface area contributed by atoms with Crippen molar-refractivity contribution in [3.8, 4) is 0 Å². The molecule has 2 heterocycles. The molecule has 0 saturated heterocycles. The molecule has 0 aliphatic heterocycles. The molecular weight excluding hydrogens is 246 g/mol. The third-order valence-corrected chi connectivity index (χ3v) is 4.83. The van der Waals surface area contributed by atoms with E-state index in [4.69, 9.17) is 4.98 Å². The Bertz CT molecular complexity index is 598. The van der Waals surface area contributed by atoms with Gasteiger partial charge in [-0.25, -0.2) is 9.97 Å². The van der Waals surface area contributed by atoms with Crippen LogP contribution in [-0.2, 0) is 0 Å². The van der Waals surface area contributed by atoms with Crippen LogP contribution >= 0.6 is 0 Å². The Morgan fingerprint density at radius 2 is 1.85 bits per heavy atom. The molecule has 108 valence electrons. The van der Waals surface area contributed by atoms with Crippen LogP contribution in [0.5, 0.6) is 0 Å². The van der Waals surface area contributed by atoms with Crippen LogP contribution in [0.3, 0.4) is 0 Å². The molecule has 2 aromatic heterocycles. The predicted octanol–water partition coefficient (Wildman–Crippen LogP) is 4.59. The van der Waals surface area contributed by atoms with Gasteiger partial charge in [-0.2, -0.15) is 0 Å². The summed E-state index contributed by atoms with van der Waals surface area (Å²) >= 11 is 0. The van der Waals surface area contributed by atoms with Crippen LogP contribution in [0.2, 0.25) is 0 Å². The van der Waals surface area contributed by atoms with Crippen LogP contribution in [0, 0.1) is 18.3 Å². The number of hydrogen-bond donors (Lipinski definition) is 1. The molecule has 1 N–H and O–H groups in total. The van der Waals surface area contributed by atoms with Gasteiger partial charge >= 0.3 is 0 Å². The number of nitrogens with zero attached hydrogens (tertiary/aromatic N) is 2. The molecule has 0 radical (unpaired) electrons. The standard InChI is InChI=1S/C17H25N3/c1-11-9-14-16(18-10-11)20-15(19-14)12-5-7-13(8-6-12)17(2,3)4/h9-10,12-13H,5-8H2,1-4H3,(H,18,19,20). The number of pyridine rings is 1. The first-order valence-corrected chi connectivity index (χ1v) is 7.76. The molecule has 1 fully saturated rings. The van der Waals surface area contributed by atoms with Crippen LogP contribution in [0.25, 0.3) is 11.2 Å². The largest absolute Gasteiger partial charge is 0.340 e. The van der Waals surface area contributed by atoms with Crippen molar-refractivity contribution in [2.45, 2.75) is 59.3 Å². The van der Waals surface area contributed by atoms with E-state index in [1.807, 2.05) is 6.20 Å². The first-order chi connectivity index (χ1) is 9.43. The summed E-state index contributed by atoms with van der Waals surface area (Å²) in [6, 6.07) is 2.14. The normalized spacial score (nSPS) is 24.2. The monoisotopic (exact) mass is 271 g/mol. The van der Waals surface area contributed by atoms with Crippen molar-refractivity contribution in [3.63, 3.8) is 0 Å². The third-order valence-electron chi connectivity index (χ3n) is 4.83. The molecule has 0 amide bonds. The predicted molar refractivity (Wildman–Crippen MR) is 82.8 cm³/mol. The molecule has 2 aromatic rings. The number of aryl methyl sites for hydroxylation is 1. The Morgan fingerprint density at radius 3 is 2.50 bits per heavy atom. The zero-order valence-corrected chi connectivity index (χ0v) is 13.0. The number of imidazole rings is 1. The second kappa shape index (κ2) is 4.87. The van der Waals surface area contributed by atoms with Gasteiger partial charge in [0.2, 0.25) is 0 Å². The van der Waals surface area contributed by atoms with E-state index in [1.165, 1.54) is 31.2 Å². The highest BCUT2D eigenvalue weighted by Crippen LogP contribution is 2.42. The van der Waals surface area contributed by atoms with Crippen LogP contribution in [0.4, 0.5) is 0 Å². The Hall–Kier alpha value is -1.38. The maximum Gasteiger partial charge on any atom is 0.177 e. The minimum atomic E-state index is 0.442. The second-order valence-corrected chi connectivity index (χ2v) is 7.42. The van der Waals surface area contributed by atoms with Crippen molar-refractivity contribution in [2.24, 2.45) is 11.3 Å². The summed E-state index contributed by atoms with van der Waals surface area (Å²) in [5.74, 6) is 2.58. The maximum atomic E-state index is 4.70. The van der Waals surface area contributed by atoms with Crippen molar-refractivity contribution >= 4 is 11.2 Å². The topological polar surface area (TPSA) is 41.6 Å². The Kier molecular flexibility index (Phi) is 3.31. The van der Waals surface area contributed by atoms with E-state index in [1.54, 1.807) is 0 Å². The molecule has 3 nitrogen and oxygen atoms in total. The number of rotatable bonds is 1. The van der Waals surface area contributed by atoms with Gasteiger partial charge in [0.05, 0.1) is 5.52 Å². The summed E-state index contributed by atoms with van der Waals surface area (Å²) in [6.07, 6.45) is 7.03. The van der Waals surface area contributed by atoms with Crippen molar-refractivity contribution < 1.29 is 0 Å². The molecule has 20 heavy (non-hydrogen) atoms. The molecule has 1 aliphatic carbocycles. The van der Waals surface area contributed by atoms with Crippen LogP contribution in [0.1, 0.15) is 63.8 Å². The fraction of sp³-hybridized carbons (Fsp3) is 0.647. The van der Waals surface area contributed by atoms with Gasteiger partial charge in [0.25, 0.3) is 0 Å². The van der Waals surface area contributed by atoms with Crippen LogP contribution < -0.4 is 0 Å². The molecule has 3 rings (SSSR count). The zero-order valence-electron chi connectivity index (χ0n) is 13.0. The lowest BCUT2D eigenvalue weighted by molar-refractivity contribution is 0.167. The molecule has 1 aliphatic rings. The number of aromatic amines is 1. The average Bonchev–Trinajstić information content (AvgIpc) is 2.80. The SMILES string of the molecule is Cc1cnc2nc(C3CCC(C(C)(C)C)CC3)[nH]c2c1. The number of H-pyrrole nitrogens is 1. The van der Waals surface area contributed by atoms with Gasteiger partial charge in [-0.1, -0.05) is 20.8 Å². The highest BCUT2D eigenvalue weighted by atomic mass is 15.0. The highest BCUT2D eigenvalue weighted by Gasteiger charge is 2.31. The zero-order chi connectivity index (χ0) is 14.3. The van der Waals surface area contributed by atoms with E-state index in [0.717, 1.165) is 22.9 Å². The van der Waals surface area contributed by atoms with E-state index in [9.17, 15) is 0 Å². The van der Waals surface area contributed by atoms with Gasteiger partial charge in [0.1, 0.15) is 5.82 Å². The molecule has 0 unspecified atom stereocenters. The maximum absolute atomic E-state index is 4.70. The fourth-order valence-corrected chi connectivity index (χ4v) is 3.45. The van der Waals surface area contributed by atoms with E-state index >= 15 is 0 Å². The quantitative estimate of drug-likeness (QED) is 0.824. The van der Waals surface area contributed by atoms with Gasteiger partial charge in [-0.15, -0.1) is 0 Å². The molecule has 3 heteroatoms. The minimum absolute atomic E-state index is 0.442. The van der Waals surface area contributed by atoms with Gasteiger partial charge in [0, 0.05) is 12.1 Å². The summed E-state index contributed by atoms with van der Waals surface area (Å²) in [4.78, 5) is 12.6. The Morgan fingerprint density at radius 1 is 1.15 bits per heavy atom. The van der Waals surface area contributed by atoms with Crippen molar-refractivity contribution in [1.82, 2.24) is 15.0 Å². The fourth-order valence-electron chi connectivity index (χ4n) is 3.45. The number of hydrogen-bond acceptors (Lipinski definition) is 2. The van der Waals surface area contributed by atoms with Gasteiger partial charge in [-0.3, -0.25) is 0 Å². The highest BCUT2D eigenvalue weighted by molar-refractivity contribution is 5.71. The first kappa shape index (κ1) is 13.6.